The number of hydrogen-bond donors (Lipinski definition) is 1. The minimum absolute atomic E-state index is 0.0974. The maximum absolute atomic E-state index is 11.8. The molecule has 0 radical (unpaired) electrons. The molecule has 1 aromatic heterocycles. The molecule has 24 heavy (non-hydrogen) atoms. The van der Waals surface area contributed by atoms with Gasteiger partial charge in [0.25, 0.3) is 5.24 Å². The van der Waals surface area contributed by atoms with Gasteiger partial charge < -0.3 is 9.88 Å². The first-order chi connectivity index (χ1) is 11.7. The lowest BCUT2D eigenvalue weighted by atomic mass is 10.1. The third kappa shape index (κ3) is 2.95. The molecule has 1 aliphatic heterocycles. The van der Waals surface area contributed by atoms with Crippen LogP contribution in [0.25, 0.3) is 10.9 Å². The summed E-state index contributed by atoms with van der Waals surface area (Å²) in [6.45, 7) is 0.808. The second-order valence-electron chi connectivity index (χ2n) is 5.93. The fraction of sp³-hybridized carbons (Fsp3) is 0.158. The molecule has 1 N–H and O–H groups in total. The number of thioether (sulfide) groups is 1. The fourth-order valence-corrected chi connectivity index (χ4v) is 3.71. The molecule has 1 unspecified atom stereocenters. The summed E-state index contributed by atoms with van der Waals surface area (Å²) in [7, 11) is 0. The van der Waals surface area contributed by atoms with Gasteiger partial charge in [-0.2, -0.15) is 0 Å². The van der Waals surface area contributed by atoms with E-state index >= 15 is 0 Å². The Balaban J connectivity index is 1.61. The Morgan fingerprint density at radius 1 is 1.00 bits per heavy atom. The quantitative estimate of drug-likeness (QED) is 0.792. The molecule has 3 aromatic rings. The van der Waals surface area contributed by atoms with Gasteiger partial charge in [0, 0.05) is 36.4 Å². The van der Waals surface area contributed by atoms with Gasteiger partial charge in [-0.3, -0.25) is 9.59 Å². The Morgan fingerprint density at radius 3 is 2.58 bits per heavy atom. The van der Waals surface area contributed by atoms with Crippen LogP contribution in [-0.2, 0) is 17.8 Å². The maximum Gasteiger partial charge on any atom is 0.287 e. The lowest BCUT2D eigenvalue weighted by Gasteiger charge is -2.10. The summed E-state index contributed by atoms with van der Waals surface area (Å²) in [6, 6.07) is 18.2. The Kier molecular flexibility index (Phi) is 3.86. The standard InChI is InChI=1S/C19H16N2O2S/c22-18-16(20-19(23)24-18)10-14-6-7-15-8-9-21(17(15)11-14)12-13-4-2-1-3-5-13/h1-9,11,16H,10,12H2,(H,20,23). The van der Waals surface area contributed by atoms with E-state index in [0.717, 1.165) is 29.4 Å². The Morgan fingerprint density at radius 2 is 1.83 bits per heavy atom. The molecule has 2 heterocycles. The smallest absolute Gasteiger partial charge is 0.287 e. The molecule has 0 spiro atoms. The van der Waals surface area contributed by atoms with Gasteiger partial charge in [0.2, 0.25) is 5.12 Å². The van der Waals surface area contributed by atoms with Crippen molar-refractivity contribution in [2.75, 3.05) is 0 Å². The third-order valence-corrected chi connectivity index (χ3v) is 5.03. The predicted molar refractivity (Wildman–Crippen MR) is 96.1 cm³/mol. The van der Waals surface area contributed by atoms with Crippen molar-refractivity contribution in [1.29, 1.82) is 0 Å². The molecule has 5 heteroatoms. The summed E-state index contributed by atoms with van der Waals surface area (Å²) in [5.41, 5.74) is 3.44. The number of nitrogens with one attached hydrogen (secondary N) is 1. The molecule has 1 fully saturated rings. The molecule has 1 aliphatic rings. The normalized spacial score (nSPS) is 17.4. The molecule has 1 amide bonds. The highest BCUT2D eigenvalue weighted by molar-refractivity contribution is 8.26. The van der Waals surface area contributed by atoms with Gasteiger partial charge >= 0.3 is 0 Å². The molecule has 1 saturated heterocycles. The van der Waals surface area contributed by atoms with Crippen LogP contribution < -0.4 is 5.32 Å². The number of aromatic nitrogens is 1. The molecule has 4 rings (SSSR count). The van der Waals surface area contributed by atoms with E-state index in [1.165, 1.54) is 10.9 Å². The fourth-order valence-electron chi connectivity index (χ4n) is 3.04. The van der Waals surface area contributed by atoms with Gasteiger partial charge in [-0.1, -0.05) is 42.5 Å². The van der Waals surface area contributed by atoms with Gasteiger partial charge in [0.15, 0.2) is 0 Å². The first kappa shape index (κ1) is 15.0. The average molecular weight is 336 g/mol. The van der Waals surface area contributed by atoms with E-state index in [1.54, 1.807) is 0 Å². The van der Waals surface area contributed by atoms with Gasteiger partial charge in [-0.05, 0) is 28.6 Å². The number of carbonyl (C=O) groups excluding carboxylic acids is 2. The van der Waals surface area contributed by atoms with Crippen LogP contribution in [0.1, 0.15) is 11.1 Å². The Hall–Kier alpha value is -2.53. The zero-order valence-electron chi connectivity index (χ0n) is 12.9. The number of nitrogens with zero attached hydrogens (tertiary/aromatic N) is 1. The van der Waals surface area contributed by atoms with Crippen LogP contribution in [-0.4, -0.2) is 21.0 Å². The summed E-state index contributed by atoms with van der Waals surface area (Å²) < 4.78 is 2.21. The highest BCUT2D eigenvalue weighted by atomic mass is 32.2. The summed E-state index contributed by atoms with van der Waals surface area (Å²) >= 11 is 0.764. The second-order valence-corrected chi connectivity index (χ2v) is 6.91. The highest BCUT2D eigenvalue weighted by Crippen LogP contribution is 2.23. The SMILES string of the molecule is O=C1NC(Cc2ccc3ccn(Cc4ccccc4)c3c2)C(=O)S1. The van der Waals surface area contributed by atoms with Crippen LogP contribution in [0.15, 0.2) is 60.8 Å². The third-order valence-electron chi connectivity index (χ3n) is 4.24. The van der Waals surface area contributed by atoms with E-state index in [9.17, 15) is 9.59 Å². The van der Waals surface area contributed by atoms with Crippen LogP contribution in [0.3, 0.4) is 0 Å². The number of hydrogen-bond acceptors (Lipinski definition) is 3. The first-order valence-electron chi connectivity index (χ1n) is 7.83. The van der Waals surface area contributed by atoms with E-state index in [1.807, 2.05) is 24.3 Å². The molecule has 120 valence electrons. The summed E-state index contributed by atoms with van der Waals surface area (Å²) in [5, 5.41) is 3.54. The summed E-state index contributed by atoms with van der Waals surface area (Å²) in [4.78, 5) is 23.1. The van der Waals surface area contributed by atoms with E-state index in [4.69, 9.17) is 0 Å². The zero-order valence-corrected chi connectivity index (χ0v) is 13.8. The van der Waals surface area contributed by atoms with Crippen molar-refractivity contribution < 1.29 is 9.59 Å². The molecule has 0 saturated carbocycles. The van der Waals surface area contributed by atoms with Crippen molar-refractivity contribution in [2.24, 2.45) is 0 Å². The van der Waals surface area contributed by atoms with Crippen LogP contribution in [0.5, 0.6) is 0 Å². The number of fused-ring (bicyclic) bond motifs is 1. The molecule has 1 atom stereocenters. The van der Waals surface area contributed by atoms with Crippen LogP contribution in [0, 0.1) is 0 Å². The largest absolute Gasteiger partial charge is 0.343 e. The second kappa shape index (κ2) is 6.17. The first-order valence-corrected chi connectivity index (χ1v) is 8.64. The van der Waals surface area contributed by atoms with E-state index in [-0.39, 0.29) is 10.4 Å². The van der Waals surface area contributed by atoms with Crippen molar-refractivity contribution in [3.8, 4) is 0 Å². The van der Waals surface area contributed by atoms with Crippen molar-refractivity contribution in [3.05, 3.63) is 71.9 Å². The van der Waals surface area contributed by atoms with Crippen molar-refractivity contribution >= 4 is 33.0 Å². The predicted octanol–water partition coefficient (Wildman–Crippen LogP) is 3.58. The van der Waals surface area contributed by atoms with Crippen LogP contribution in [0.4, 0.5) is 4.79 Å². The minimum Gasteiger partial charge on any atom is -0.343 e. The molecular formula is C19H16N2O2S. The van der Waals surface area contributed by atoms with Crippen molar-refractivity contribution in [3.63, 3.8) is 0 Å². The maximum atomic E-state index is 11.8. The summed E-state index contributed by atoms with van der Waals surface area (Å²) in [5.74, 6) is 0. The van der Waals surface area contributed by atoms with Gasteiger partial charge in [-0.25, -0.2) is 0 Å². The van der Waals surface area contributed by atoms with Gasteiger partial charge in [-0.15, -0.1) is 0 Å². The lowest BCUT2D eigenvalue weighted by molar-refractivity contribution is -0.112. The Labute approximate surface area is 143 Å². The van der Waals surface area contributed by atoms with Crippen molar-refractivity contribution in [2.45, 2.75) is 19.0 Å². The van der Waals surface area contributed by atoms with Crippen molar-refractivity contribution in [1.82, 2.24) is 9.88 Å². The molecule has 2 aromatic carbocycles. The van der Waals surface area contributed by atoms with E-state index in [0.29, 0.717) is 6.42 Å². The summed E-state index contributed by atoms with van der Waals surface area (Å²) in [6.07, 6.45) is 2.61. The van der Waals surface area contributed by atoms with Gasteiger partial charge in [0.1, 0.15) is 6.04 Å². The number of amides is 1. The van der Waals surface area contributed by atoms with Crippen LogP contribution in [0.2, 0.25) is 0 Å². The molecule has 0 aliphatic carbocycles. The number of benzene rings is 2. The topological polar surface area (TPSA) is 51.1 Å². The monoisotopic (exact) mass is 336 g/mol. The number of rotatable bonds is 4. The van der Waals surface area contributed by atoms with E-state index in [2.05, 4.69) is 46.4 Å². The molecule has 4 nitrogen and oxygen atoms in total. The highest BCUT2D eigenvalue weighted by Gasteiger charge is 2.31. The minimum atomic E-state index is -0.419. The zero-order chi connectivity index (χ0) is 16.5. The number of carbonyl (C=O) groups is 2. The molecule has 0 bridgehead atoms. The van der Waals surface area contributed by atoms with Gasteiger partial charge in [0.05, 0.1) is 0 Å². The average Bonchev–Trinajstić information content (AvgIpc) is 3.11. The van der Waals surface area contributed by atoms with E-state index < -0.39 is 6.04 Å². The molecular weight excluding hydrogens is 320 g/mol. The van der Waals surface area contributed by atoms with Crippen LogP contribution >= 0.6 is 11.8 Å². The Bertz CT molecular complexity index is 918. The lowest BCUT2D eigenvalue weighted by Crippen LogP contribution is -2.30.